The van der Waals surface area contributed by atoms with Gasteiger partial charge >= 0.3 is 0 Å². The number of aromatic nitrogens is 3. The van der Waals surface area contributed by atoms with Gasteiger partial charge in [0.15, 0.2) is 5.82 Å². The first-order valence-electron chi connectivity index (χ1n) is 6.41. The maximum atomic E-state index is 6.12. The van der Waals surface area contributed by atoms with Gasteiger partial charge in [0, 0.05) is 26.2 Å². The summed E-state index contributed by atoms with van der Waals surface area (Å²) in [6.07, 6.45) is 4.83. The van der Waals surface area contributed by atoms with Gasteiger partial charge in [0.05, 0.1) is 18.1 Å². The smallest absolute Gasteiger partial charge is 0.150 e. The van der Waals surface area contributed by atoms with Crippen LogP contribution in [0.3, 0.4) is 0 Å². The standard InChI is InChI=1S/C13H15ClN6/c14-11-8-16-9-18-13(11)20-5-3-19(4-6-20)12-2-1-10(15)7-17-12/h1-2,7-9H,3-6,15H2. The summed E-state index contributed by atoms with van der Waals surface area (Å²) < 4.78 is 0. The number of hydrogen-bond acceptors (Lipinski definition) is 6. The van der Waals surface area contributed by atoms with Crippen LogP contribution < -0.4 is 15.5 Å². The van der Waals surface area contributed by atoms with Gasteiger partial charge in [-0.25, -0.2) is 15.0 Å². The Balaban J connectivity index is 1.68. The number of pyridine rings is 1. The average molecular weight is 291 g/mol. The molecule has 0 atom stereocenters. The number of piperazine rings is 1. The van der Waals surface area contributed by atoms with E-state index in [0.717, 1.165) is 37.8 Å². The highest BCUT2D eigenvalue weighted by molar-refractivity contribution is 6.32. The number of anilines is 3. The van der Waals surface area contributed by atoms with Gasteiger partial charge in [-0.2, -0.15) is 0 Å². The third-order valence-corrected chi connectivity index (χ3v) is 3.59. The van der Waals surface area contributed by atoms with Crippen LogP contribution in [-0.4, -0.2) is 41.1 Å². The van der Waals surface area contributed by atoms with Crippen LogP contribution in [0.4, 0.5) is 17.3 Å². The molecule has 0 amide bonds. The van der Waals surface area contributed by atoms with Crippen molar-refractivity contribution in [1.29, 1.82) is 0 Å². The number of halogens is 1. The van der Waals surface area contributed by atoms with Crippen LogP contribution >= 0.6 is 11.6 Å². The van der Waals surface area contributed by atoms with Gasteiger partial charge in [-0.05, 0) is 12.1 Å². The molecule has 0 radical (unpaired) electrons. The third-order valence-electron chi connectivity index (χ3n) is 3.32. The molecule has 0 spiro atoms. The molecule has 0 bridgehead atoms. The van der Waals surface area contributed by atoms with Crippen LogP contribution in [0, 0.1) is 0 Å². The fourth-order valence-electron chi connectivity index (χ4n) is 2.27. The second-order valence-corrected chi connectivity index (χ2v) is 5.03. The SMILES string of the molecule is Nc1ccc(N2CCN(c3ncncc3Cl)CC2)nc1. The molecule has 1 aliphatic heterocycles. The van der Waals surface area contributed by atoms with E-state index in [-0.39, 0.29) is 0 Å². The van der Waals surface area contributed by atoms with Gasteiger partial charge < -0.3 is 15.5 Å². The lowest BCUT2D eigenvalue weighted by atomic mass is 10.3. The van der Waals surface area contributed by atoms with Crippen LogP contribution in [0.15, 0.2) is 30.9 Å². The molecule has 20 heavy (non-hydrogen) atoms. The molecule has 1 fully saturated rings. The Kier molecular flexibility index (Phi) is 3.56. The average Bonchev–Trinajstić information content (AvgIpc) is 2.49. The fourth-order valence-corrected chi connectivity index (χ4v) is 2.50. The summed E-state index contributed by atoms with van der Waals surface area (Å²) in [5, 5.41) is 0.589. The molecule has 1 saturated heterocycles. The highest BCUT2D eigenvalue weighted by atomic mass is 35.5. The Morgan fingerprint density at radius 3 is 2.40 bits per heavy atom. The van der Waals surface area contributed by atoms with Crippen molar-refractivity contribution in [2.45, 2.75) is 0 Å². The molecule has 2 N–H and O–H groups in total. The number of nitrogens with two attached hydrogens (primary N) is 1. The molecule has 7 heteroatoms. The number of rotatable bonds is 2. The van der Waals surface area contributed by atoms with E-state index in [9.17, 15) is 0 Å². The van der Waals surface area contributed by atoms with E-state index in [2.05, 4.69) is 24.8 Å². The van der Waals surface area contributed by atoms with Gasteiger partial charge in [0.25, 0.3) is 0 Å². The first kappa shape index (κ1) is 12.9. The van der Waals surface area contributed by atoms with Crippen molar-refractivity contribution in [2.75, 3.05) is 41.7 Å². The van der Waals surface area contributed by atoms with Crippen molar-refractivity contribution in [3.05, 3.63) is 35.9 Å². The molecule has 0 saturated carbocycles. The minimum Gasteiger partial charge on any atom is -0.397 e. The van der Waals surface area contributed by atoms with E-state index in [4.69, 9.17) is 17.3 Å². The first-order valence-corrected chi connectivity index (χ1v) is 6.79. The Labute approximate surface area is 122 Å². The van der Waals surface area contributed by atoms with Crippen LogP contribution in [-0.2, 0) is 0 Å². The van der Waals surface area contributed by atoms with Gasteiger partial charge in [0.2, 0.25) is 0 Å². The van der Waals surface area contributed by atoms with Crippen molar-refractivity contribution >= 4 is 28.9 Å². The molecule has 104 valence electrons. The van der Waals surface area contributed by atoms with Crippen LogP contribution in [0.1, 0.15) is 0 Å². The van der Waals surface area contributed by atoms with E-state index >= 15 is 0 Å². The topological polar surface area (TPSA) is 71.2 Å². The molecule has 6 nitrogen and oxygen atoms in total. The largest absolute Gasteiger partial charge is 0.397 e. The monoisotopic (exact) mass is 290 g/mol. The lowest BCUT2D eigenvalue weighted by molar-refractivity contribution is 0.641. The van der Waals surface area contributed by atoms with Crippen molar-refractivity contribution in [1.82, 2.24) is 15.0 Å². The summed E-state index contributed by atoms with van der Waals surface area (Å²) in [5.41, 5.74) is 6.33. The summed E-state index contributed by atoms with van der Waals surface area (Å²) in [5.74, 6) is 1.75. The molecular weight excluding hydrogens is 276 g/mol. The normalized spacial score (nSPS) is 15.4. The Hall–Kier alpha value is -2.08. The van der Waals surface area contributed by atoms with Crippen molar-refractivity contribution in [3.8, 4) is 0 Å². The lowest BCUT2D eigenvalue weighted by Crippen LogP contribution is -2.47. The van der Waals surface area contributed by atoms with E-state index in [0.29, 0.717) is 10.7 Å². The second-order valence-electron chi connectivity index (χ2n) is 4.62. The maximum absolute atomic E-state index is 6.12. The highest BCUT2D eigenvalue weighted by Crippen LogP contribution is 2.23. The molecule has 0 aliphatic carbocycles. The zero-order valence-electron chi connectivity index (χ0n) is 10.9. The molecule has 3 rings (SSSR count). The summed E-state index contributed by atoms with van der Waals surface area (Å²) in [6.45, 7) is 3.44. The predicted octanol–water partition coefficient (Wildman–Crippen LogP) is 1.43. The maximum Gasteiger partial charge on any atom is 0.150 e. The Morgan fingerprint density at radius 1 is 1.00 bits per heavy atom. The fraction of sp³-hybridized carbons (Fsp3) is 0.308. The zero-order valence-corrected chi connectivity index (χ0v) is 11.7. The number of nitrogen functional groups attached to an aromatic ring is 1. The summed E-state index contributed by atoms with van der Waals surface area (Å²) in [7, 11) is 0. The minimum atomic E-state index is 0.589. The quantitative estimate of drug-likeness (QED) is 0.902. The van der Waals surface area contributed by atoms with E-state index < -0.39 is 0 Å². The summed E-state index contributed by atoms with van der Waals surface area (Å²) in [4.78, 5) is 16.9. The molecule has 0 unspecified atom stereocenters. The zero-order chi connectivity index (χ0) is 13.9. The predicted molar refractivity (Wildman–Crippen MR) is 80.1 cm³/mol. The van der Waals surface area contributed by atoms with Gasteiger partial charge in [-0.15, -0.1) is 0 Å². The second kappa shape index (κ2) is 5.50. The Bertz CT molecular complexity index is 580. The molecule has 2 aromatic heterocycles. The molecular formula is C13H15ClN6. The summed E-state index contributed by atoms with van der Waals surface area (Å²) >= 11 is 6.12. The molecule has 1 aliphatic rings. The van der Waals surface area contributed by atoms with Crippen molar-refractivity contribution in [3.63, 3.8) is 0 Å². The van der Waals surface area contributed by atoms with Crippen molar-refractivity contribution < 1.29 is 0 Å². The van der Waals surface area contributed by atoms with Crippen LogP contribution in [0.5, 0.6) is 0 Å². The number of hydrogen-bond donors (Lipinski definition) is 1. The number of nitrogens with zero attached hydrogens (tertiary/aromatic N) is 5. The first-order chi connectivity index (χ1) is 9.74. The molecule has 3 heterocycles. The minimum absolute atomic E-state index is 0.589. The lowest BCUT2D eigenvalue weighted by Gasteiger charge is -2.36. The molecule has 2 aromatic rings. The van der Waals surface area contributed by atoms with Gasteiger partial charge in [-0.1, -0.05) is 11.6 Å². The van der Waals surface area contributed by atoms with Crippen molar-refractivity contribution in [2.24, 2.45) is 0 Å². The third kappa shape index (κ3) is 2.60. The van der Waals surface area contributed by atoms with E-state index in [1.807, 2.05) is 12.1 Å². The van der Waals surface area contributed by atoms with Gasteiger partial charge in [0.1, 0.15) is 17.2 Å². The van der Waals surface area contributed by atoms with Crippen LogP contribution in [0.25, 0.3) is 0 Å². The van der Waals surface area contributed by atoms with Crippen LogP contribution in [0.2, 0.25) is 5.02 Å². The highest BCUT2D eigenvalue weighted by Gasteiger charge is 2.20. The van der Waals surface area contributed by atoms with E-state index in [1.54, 1.807) is 12.4 Å². The van der Waals surface area contributed by atoms with Gasteiger partial charge in [-0.3, -0.25) is 0 Å². The molecule has 0 aromatic carbocycles. The Morgan fingerprint density at radius 2 is 1.75 bits per heavy atom. The van der Waals surface area contributed by atoms with E-state index in [1.165, 1.54) is 6.33 Å². The summed E-state index contributed by atoms with van der Waals surface area (Å²) in [6, 6.07) is 3.82.